The first-order valence-electron chi connectivity index (χ1n) is 10.4. The largest absolute Gasteiger partial charge is 1.00 e. The average Bonchev–Trinajstić information content (AvgIpc) is 2.94. The fourth-order valence-electron chi connectivity index (χ4n) is 4.39. The van der Waals surface area contributed by atoms with Crippen LogP contribution in [0.25, 0.3) is 17.2 Å². The maximum absolute atomic E-state index is 5.82. The Kier molecular flexibility index (Phi) is 6.56. The lowest BCUT2D eigenvalue weighted by atomic mass is 9.77. The van der Waals surface area contributed by atoms with Gasteiger partial charge in [0, 0.05) is 23.4 Å². The molecular formula is C27H29ClN2O. The van der Waals surface area contributed by atoms with Crippen LogP contribution in [0.5, 0.6) is 5.75 Å². The summed E-state index contributed by atoms with van der Waals surface area (Å²) in [7, 11) is 2.15. The van der Waals surface area contributed by atoms with Crippen molar-refractivity contribution in [3.8, 4) is 16.9 Å². The number of rotatable bonds is 5. The molecular weight excluding hydrogens is 404 g/mol. The van der Waals surface area contributed by atoms with Crippen molar-refractivity contribution in [3.63, 3.8) is 0 Å². The molecule has 4 heteroatoms. The van der Waals surface area contributed by atoms with Crippen LogP contribution in [-0.2, 0) is 5.41 Å². The van der Waals surface area contributed by atoms with Gasteiger partial charge in [0.1, 0.15) is 12.8 Å². The molecule has 3 aromatic carbocycles. The summed E-state index contributed by atoms with van der Waals surface area (Å²) in [5, 5.41) is 0. The van der Waals surface area contributed by atoms with Gasteiger partial charge in [-0.1, -0.05) is 36.4 Å². The highest BCUT2D eigenvalue weighted by Gasteiger charge is 2.44. The van der Waals surface area contributed by atoms with Crippen LogP contribution >= 0.6 is 0 Å². The maximum atomic E-state index is 5.82. The molecule has 0 aliphatic carbocycles. The second-order valence-electron chi connectivity index (χ2n) is 8.23. The molecule has 0 atom stereocenters. The number of fused-ring (bicyclic) bond motifs is 1. The summed E-state index contributed by atoms with van der Waals surface area (Å²) < 4.78 is 7.92. The number of halogens is 1. The number of allylic oxidation sites excluding steroid dienone is 1. The monoisotopic (exact) mass is 432 g/mol. The SMILES string of the molecule is CCOc1ccc(-c2cccc3c2C(C)(C)C(C=Cc2ccc(N)cc2)=[N+]3C)cc1.[Cl-]. The predicted molar refractivity (Wildman–Crippen MR) is 127 cm³/mol. The molecule has 1 aliphatic heterocycles. The molecule has 4 rings (SSSR count). The van der Waals surface area contributed by atoms with Crippen molar-refractivity contribution >= 4 is 23.2 Å². The summed E-state index contributed by atoms with van der Waals surface area (Å²) in [6, 6.07) is 22.9. The lowest BCUT2D eigenvalue weighted by Crippen LogP contribution is -3.00. The molecule has 3 aromatic rings. The van der Waals surface area contributed by atoms with E-state index in [1.54, 1.807) is 0 Å². The highest BCUT2D eigenvalue weighted by atomic mass is 35.5. The quantitative estimate of drug-likeness (QED) is 0.497. The molecule has 3 nitrogen and oxygen atoms in total. The van der Waals surface area contributed by atoms with Gasteiger partial charge in [0.2, 0.25) is 5.69 Å². The van der Waals surface area contributed by atoms with Gasteiger partial charge in [-0.25, -0.2) is 0 Å². The minimum Gasteiger partial charge on any atom is -1.00 e. The molecule has 0 amide bonds. The lowest BCUT2D eigenvalue weighted by Gasteiger charge is -2.19. The molecule has 1 heterocycles. The summed E-state index contributed by atoms with van der Waals surface area (Å²) in [6.07, 6.45) is 4.39. The van der Waals surface area contributed by atoms with Crippen LogP contribution in [0.4, 0.5) is 11.4 Å². The Morgan fingerprint density at radius 3 is 2.26 bits per heavy atom. The van der Waals surface area contributed by atoms with Gasteiger partial charge in [-0.2, -0.15) is 4.58 Å². The van der Waals surface area contributed by atoms with E-state index in [2.05, 4.69) is 80.1 Å². The normalized spacial score (nSPS) is 14.5. The maximum Gasteiger partial charge on any atom is 0.210 e. The van der Waals surface area contributed by atoms with Crippen molar-refractivity contribution in [2.75, 3.05) is 19.4 Å². The number of nitrogen functional groups attached to an aromatic ring is 1. The van der Waals surface area contributed by atoms with Crippen molar-refractivity contribution in [2.24, 2.45) is 0 Å². The molecule has 0 fully saturated rings. The van der Waals surface area contributed by atoms with E-state index in [0.717, 1.165) is 17.0 Å². The Morgan fingerprint density at radius 2 is 1.61 bits per heavy atom. The fourth-order valence-corrected chi connectivity index (χ4v) is 4.39. The molecule has 1 aliphatic rings. The summed E-state index contributed by atoms with van der Waals surface area (Å²) in [5.74, 6) is 0.906. The third-order valence-corrected chi connectivity index (χ3v) is 5.88. The minimum absolute atomic E-state index is 0. The first-order chi connectivity index (χ1) is 14.4. The second kappa shape index (κ2) is 8.99. The van der Waals surface area contributed by atoms with Gasteiger partial charge < -0.3 is 22.9 Å². The molecule has 0 unspecified atom stereocenters. The zero-order valence-corrected chi connectivity index (χ0v) is 19.3. The van der Waals surface area contributed by atoms with E-state index in [1.165, 1.54) is 28.1 Å². The molecule has 0 saturated heterocycles. The highest BCUT2D eigenvalue weighted by Crippen LogP contribution is 2.45. The first-order valence-corrected chi connectivity index (χ1v) is 10.4. The van der Waals surface area contributed by atoms with Crippen LogP contribution in [0.15, 0.2) is 72.8 Å². The summed E-state index contributed by atoms with van der Waals surface area (Å²) in [4.78, 5) is 0. The molecule has 0 aromatic heterocycles. The zero-order valence-electron chi connectivity index (χ0n) is 18.5. The van der Waals surface area contributed by atoms with Crippen LogP contribution in [-0.4, -0.2) is 23.9 Å². The molecule has 0 radical (unpaired) electrons. The predicted octanol–water partition coefficient (Wildman–Crippen LogP) is 3.06. The van der Waals surface area contributed by atoms with Gasteiger partial charge in [0.15, 0.2) is 5.71 Å². The Morgan fingerprint density at radius 1 is 0.935 bits per heavy atom. The zero-order chi connectivity index (χ0) is 21.3. The molecule has 160 valence electrons. The van der Waals surface area contributed by atoms with E-state index in [1.807, 2.05) is 31.2 Å². The topological polar surface area (TPSA) is 38.3 Å². The Balaban J connectivity index is 0.00000272. The third kappa shape index (κ3) is 4.24. The van der Waals surface area contributed by atoms with Crippen molar-refractivity contribution < 1.29 is 21.7 Å². The van der Waals surface area contributed by atoms with Crippen molar-refractivity contribution in [1.82, 2.24) is 0 Å². The van der Waals surface area contributed by atoms with Gasteiger partial charge in [-0.3, -0.25) is 0 Å². The van der Waals surface area contributed by atoms with Gasteiger partial charge in [-0.05, 0) is 67.8 Å². The van der Waals surface area contributed by atoms with E-state index < -0.39 is 0 Å². The number of nitrogens with zero attached hydrogens (tertiary/aromatic N) is 1. The summed E-state index contributed by atoms with van der Waals surface area (Å²) in [5.41, 5.74) is 14.0. The first kappa shape index (κ1) is 22.6. The Hall–Kier alpha value is -3.04. The number of hydrogen-bond donors (Lipinski definition) is 1. The van der Waals surface area contributed by atoms with Crippen LogP contribution in [0.3, 0.4) is 0 Å². The molecule has 31 heavy (non-hydrogen) atoms. The van der Waals surface area contributed by atoms with E-state index in [9.17, 15) is 0 Å². The van der Waals surface area contributed by atoms with Gasteiger partial charge >= 0.3 is 0 Å². The summed E-state index contributed by atoms with van der Waals surface area (Å²) >= 11 is 0. The average molecular weight is 433 g/mol. The standard InChI is InChI=1S/C27H28N2O.ClH/c1-5-30-22-16-12-20(13-17-22)23-7-6-8-24-26(23)27(2,3)25(29(24)4)18-11-19-9-14-21(28)15-10-19;/h6-18,28H,5H2,1-4H3;1H. The number of hydrogen-bond acceptors (Lipinski definition) is 2. The van der Waals surface area contributed by atoms with E-state index in [0.29, 0.717) is 6.61 Å². The lowest BCUT2D eigenvalue weighted by molar-refractivity contribution is -0.401. The van der Waals surface area contributed by atoms with Crippen LogP contribution < -0.4 is 22.9 Å². The van der Waals surface area contributed by atoms with E-state index in [-0.39, 0.29) is 17.8 Å². The van der Waals surface area contributed by atoms with Crippen LogP contribution in [0.1, 0.15) is 31.9 Å². The van der Waals surface area contributed by atoms with Gasteiger partial charge in [0.05, 0.1) is 12.0 Å². The van der Waals surface area contributed by atoms with Crippen molar-refractivity contribution in [3.05, 3.63) is 83.9 Å². The molecule has 0 spiro atoms. The van der Waals surface area contributed by atoms with Gasteiger partial charge in [0.25, 0.3) is 0 Å². The Bertz CT molecular complexity index is 1130. The smallest absolute Gasteiger partial charge is 0.210 e. The molecule has 0 bridgehead atoms. The number of benzene rings is 3. The number of ether oxygens (including phenoxy) is 1. The van der Waals surface area contributed by atoms with Gasteiger partial charge in [-0.15, -0.1) is 0 Å². The highest BCUT2D eigenvalue weighted by molar-refractivity contribution is 6.06. The van der Waals surface area contributed by atoms with Crippen molar-refractivity contribution in [2.45, 2.75) is 26.2 Å². The van der Waals surface area contributed by atoms with Crippen LogP contribution in [0.2, 0.25) is 0 Å². The number of nitrogens with two attached hydrogens (primary N) is 1. The van der Waals surface area contributed by atoms with Crippen molar-refractivity contribution in [1.29, 1.82) is 0 Å². The molecule has 0 saturated carbocycles. The second-order valence-corrected chi connectivity index (χ2v) is 8.23. The minimum atomic E-state index is -0.121. The fraction of sp³-hybridized carbons (Fsp3) is 0.222. The third-order valence-electron chi connectivity index (χ3n) is 5.88. The Labute approximate surface area is 191 Å². The number of anilines is 1. The van der Waals surface area contributed by atoms with E-state index >= 15 is 0 Å². The molecule has 2 N–H and O–H groups in total. The van der Waals surface area contributed by atoms with E-state index in [4.69, 9.17) is 10.5 Å². The van der Waals surface area contributed by atoms with Crippen LogP contribution in [0, 0.1) is 0 Å². The summed E-state index contributed by atoms with van der Waals surface area (Å²) in [6.45, 7) is 7.29.